The molecular formula is C24H30N4O2S. The van der Waals surface area contributed by atoms with Crippen molar-refractivity contribution < 1.29 is 9.21 Å². The standard InChI is InChI=1S/C24H30N4O2S/c1-17-5-7-19(8-6-17)24-27-26-23(30-24)10-9-22(29)25-16-20(21-4-3-15-31-21)28-13-11-18(2)12-14-28/h3-8,15,18,20H,9-14,16H2,1-2H3,(H,25,29). The van der Waals surface area contributed by atoms with Gasteiger partial charge in [-0.05, 0) is 62.4 Å². The highest BCUT2D eigenvalue weighted by Crippen LogP contribution is 2.29. The Morgan fingerprint density at radius 3 is 2.71 bits per heavy atom. The van der Waals surface area contributed by atoms with Crippen LogP contribution >= 0.6 is 11.3 Å². The van der Waals surface area contributed by atoms with Gasteiger partial charge in [0.05, 0.1) is 6.04 Å². The second kappa shape index (κ2) is 10.2. The number of hydrogen-bond acceptors (Lipinski definition) is 6. The third-order valence-corrected chi connectivity index (χ3v) is 6.93. The SMILES string of the molecule is Cc1ccc(-c2nnc(CCC(=O)NCC(c3cccs3)N3CCC(C)CC3)o2)cc1. The van der Waals surface area contributed by atoms with E-state index in [1.165, 1.54) is 23.3 Å². The number of nitrogens with zero attached hydrogens (tertiary/aromatic N) is 3. The fraction of sp³-hybridized carbons (Fsp3) is 0.458. The number of thiophene rings is 1. The highest BCUT2D eigenvalue weighted by atomic mass is 32.1. The summed E-state index contributed by atoms with van der Waals surface area (Å²) in [6, 6.07) is 12.5. The molecule has 1 aliphatic heterocycles. The molecule has 0 aliphatic carbocycles. The molecule has 7 heteroatoms. The molecule has 0 spiro atoms. The number of amides is 1. The minimum absolute atomic E-state index is 0.0158. The van der Waals surface area contributed by atoms with E-state index in [0.717, 1.165) is 24.6 Å². The molecule has 1 saturated heterocycles. The highest BCUT2D eigenvalue weighted by molar-refractivity contribution is 7.10. The monoisotopic (exact) mass is 438 g/mol. The van der Waals surface area contributed by atoms with Gasteiger partial charge in [0, 0.05) is 29.8 Å². The summed E-state index contributed by atoms with van der Waals surface area (Å²) in [6.45, 7) is 7.16. The number of carbonyl (C=O) groups is 1. The average molecular weight is 439 g/mol. The van der Waals surface area contributed by atoms with Crippen LogP contribution in [0.4, 0.5) is 0 Å². The van der Waals surface area contributed by atoms with Gasteiger partial charge >= 0.3 is 0 Å². The Kier molecular flexibility index (Phi) is 7.14. The second-order valence-corrected chi connectivity index (χ2v) is 9.40. The van der Waals surface area contributed by atoms with E-state index in [1.807, 2.05) is 31.2 Å². The number of piperidine rings is 1. The van der Waals surface area contributed by atoms with Crippen molar-refractivity contribution in [2.75, 3.05) is 19.6 Å². The number of carbonyl (C=O) groups excluding carboxylic acids is 1. The zero-order chi connectivity index (χ0) is 21.6. The first-order valence-electron chi connectivity index (χ1n) is 11.0. The van der Waals surface area contributed by atoms with Crippen molar-refractivity contribution in [2.24, 2.45) is 5.92 Å². The number of hydrogen-bond donors (Lipinski definition) is 1. The Balaban J connectivity index is 1.29. The lowest BCUT2D eigenvalue weighted by Crippen LogP contribution is -2.41. The summed E-state index contributed by atoms with van der Waals surface area (Å²) in [5.41, 5.74) is 2.07. The quantitative estimate of drug-likeness (QED) is 0.555. The molecule has 1 unspecified atom stereocenters. The minimum atomic E-state index is 0.0158. The Labute approximate surface area is 187 Å². The molecule has 3 aromatic rings. The van der Waals surface area contributed by atoms with Crippen molar-refractivity contribution >= 4 is 17.2 Å². The number of aromatic nitrogens is 2. The first kappa shape index (κ1) is 21.7. The number of benzene rings is 1. The van der Waals surface area contributed by atoms with Crippen molar-refractivity contribution in [3.8, 4) is 11.5 Å². The summed E-state index contributed by atoms with van der Waals surface area (Å²) in [4.78, 5) is 16.3. The van der Waals surface area contributed by atoms with Crippen LogP contribution in [0.1, 0.15) is 48.6 Å². The van der Waals surface area contributed by atoms with E-state index in [-0.39, 0.29) is 11.9 Å². The summed E-state index contributed by atoms with van der Waals surface area (Å²) in [6.07, 6.45) is 3.21. The molecule has 0 radical (unpaired) electrons. The van der Waals surface area contributed by atoms with Crippen LogP contribution in [0.15, 0.2) is 46.2 Å². The number of aryl methyl sites for hydroxylation is 2. The number of rotatable bonds is 8. The van der Waals surface area contributed by atoms with Gasteiger partial charge in [-0.15, -0.1) is 21.5 Å². The molecule has 1 amide bonds. The zero-order valence-electron chi connectivity index (χ0n) is 18.2. The Morgan fingerprint density at radius 1 is 1.23 bits per heavy atom. The molecule has 2 aromatic heterocycles. The Hall–Kier alpha value is -2.51. The largest absolute Gasteiger partial charge is 0.421 e. The van der Waals surface area contributed by atoms with Crippen molar-refractivity contribution in [1.82, 2.24) is 20.4 Å². The van der Waals surface area contributed by atoms with Crippen LogP contribution in [0.3, 0.4) is 0 Å². The smallest absolute Gasteiger partial charge is 0.247 e. The van der Waals surface area contributed by atoms with E-state index >= 15 is 0 Å². The summed E-state index contributed by atoms with van der Waals surface area (Å²) < 4.78 is 5.74. The lowest BCUT2D eigenvalue weighted by molar-refractivity contribution is -0.121. The van der Waals surface area contributed by atoms with Gasteiger partial charge in [-0.1, -0.05) is 30.7 Å². The maximum Gasteiger partial charge on any atom is 0.247 e. The fourth-order valence-electron chi connectivity index (χ4n) is 3.92. The molecular weight excluding hydrogens is 408 g/mol. The highest BCUT2D eigenvalue weighted by Gasteiger charge is 2.25. The summed E-state index contributed by atoms with van der Waals surface area (Å²) in [7, 11) is 0. The molecule has 1 aromatic carbocycles. The maximum atomic E-state index is 12.5. The Bertz CT molecular complexity index is 960. The van der Waals surface area contributed by atoms with Crippen LogP contribution in [-0.2, 0) is 11.2 Å². The summed E-state index contributed by atoms with van der Waals surface area (Å²) in [5.74, 6) is 1.79. The van der Waals surface area contributed by atoms with Gasteiger partial charge in [-0.2, -0.15) is 0 Å². The lowest BCUT2D eigenvalue weighted by Gasteiger charge is -2.36. The predicted molar refractivity (Wildman–Crippen MR) is 123 cm³/mol. The van der Waals surface area contributed by atoms with Gasteiger partial charge in [0.1, 0.15) is 0 Å². The molecule has 164 valence electrons. The molecule has 4 rings (SSSR count). The van der Waals surface area contributed by atoms with Crippen LogP contribution in [0.25, 0.3) is 11.5 Å². The number of likely N-dealkylation sites (tertiary alicyclic amines) is 1. The van der Waals surface area contributed by atoms with Crippen molar-refractivity contribution in [3.63, 3.8) is 0 Å². The topological polar surface area (TPSA) is 71.3 Å². The Morgan fingerprint density at radius 2 is 2.00 bits per heavy atom. The van der Waals surface area contributed by atoms with Crippen molar-refractivity contribution in [1.29, 1.82) is 0 Å². The normalized spacial score (nSPS) is 16.3. The van der Waals surface area contributed by atoms with E-state index in [4.69, 9.17) is 4.42 Å². The van der Waals surface area contributed by atoms with Crippen molar-refractivity contribution in [2.45, 2.75) is 45.6 Å². The van der Waals surface area contributed by atoms with Gasteiger partial charge in [0.2, 0.25) is 17.7 Å². The molecule has 0 saturated carbocycles. The van der Waals surface area contributed by atoms with Crippen LogP contribution in [0, 0.1) is 12.8 Å². The number of nitrogens with one attached hydrogen (secondary N) is 1. The van der Waals surface area contributed by atoms with Crippen LogP contribution in [-0.4, -0.2) is 40.6 Å². The first-order valence-corrected chi connectivity index (χ1v) is 11.9. The molecule has 0 bridgehead atoms. The molecule has 1 aliphatic rings. The van der Waals surface area contributed by atoms with Gasteiger partial charge in [0.15, 0.2) is 0 Å². The maximum absolute atomic E-state index is 12.5. The molecule has 3 heterocycles. The van der Waals surface area contributed by atoms with Gasteiger partial charge in [-0.25, -0.2) is 0 Å². The van der Waals surface area contributed by atoms with E-state index < -0.39 is 0 Å². The van der Waals surface area contributed by atoms with E-state index in [0.29, 0.717) is 31.2 Å². The summed E-state index contributed by atoms with van der Waals surface area (Å²) >= 11 is 1.76. The average Bonchev–Trinajstić information content (AvgIpc) is 3.47. The third-order valence-electron chi connectivity index (χ3n) is 5.95. The molecule has 31 heavy (non-hydrogen) atoms. The first-order chi connectivity index (χ1) is 15.1. The molecule has 1 N–H and O–H groups in total. The zero-order valence-corrected chi connectivity index (χ0v) is 19.0. The third kappa shape index (κ3) is 5.80. The second-order valence-electron chi connectivity index (χ2n) is 8.42. The predicted octanol–water partition coefficient (Wildman–Crippen LogP) is 4.63. The molecule has 1 fully saturated rings. The van der Waals surface area contributed by atoms with E-state index in [2.05, 4.69) is 44.9 Å². The molecule has 6 nitrogen and oxygen atoms in total. The van der Waals surface area contributed by atoms with Gasteiger partial charge in [0.25, 0.3) is 0 Å². The molecule has 1 atom stereocenters. The van der Waals surface area contributed by atoms with Crippen LogP contribution in [0.2, 0.25) is 0 Å². The van der Waals surface area contributed by atoms with Gasteiger partial charge < -0.3 is 9.73 Å². The summed E-state index contributed by atoms with van der Waals surface area (Å²) in [5, 5.41) is 13.5. The minimum Gasteiger partial charge on any atom is -0.421 e. The fourth-order valence-corrected chi connectivity index (χ4v) is 4.78. The van der Waals surface area contributed by atoms with Crippen LogP contribution in [0.5, 0.6) is 0 Å². The van der Waals surface area contributed by atoms with Gasteiger partial charge in [-0.3, -0.25) is 9.69 Å². The van der Waals surface area contributed by atoms with E-state index in [9.17, 15) is 4.79 Å². The van der Waals surface area contributed by atoms with Crippen molar-refractivity contribution in [3.05, 3.63) is 58.1 Å². The van der Waals surface area contributed by atoms with Crippen LogP contribution < -0.4 is 5.32 Å². The van der Waals surface area contributed by atoms with E-state index in [1.54, 1.807) is 11.3 Å². The lowest BCUT2D eigenvalue weighted by atomic mass is 9.97.